The smallest absolute Gasteiger partial charge is 0.0382 e. The zero-order chi connectivity index (χ0) is 11.8. The molecule has 0 heterocycles. The van der Waals surface area contributed by atoms with Gasteiger partial charge >= 0.3 is 0 Å². The Morgan fingerprint density at radius 1 is 1.25 bits per heavy atom. The van der Waals surface area contributed by atoms with Crippen LogP contribution in [0.5, 0.6) is 0 Å². The topological polar surface area (TPSA) is 38.0 Å². The third kappa shape index (κ3) is 4.07. The van der Waals surface area contributed by atoms with Crippen molar-refractivity contribution in [2.75, 3.05) is 11.9 Å². The van der Waals surface area contributed by atoms with Gasteiger partial charge < -0.3 is 11.1 Å². The first kappa shape index (κ1) is 12.8. The van der Waals surface area contributed by atoms with Gasteiger partial charge in [0.25, 0.3) is 0 Å². The molecule has 3 N–H and O–H groups in total. The molecule has 1 aromatic carbocycles. The second-order valence-corrected chi connectivity index (χ2v) is 3.91. The van der Waals surface area contributed by atoms with Gasteiger partial charge in [-0.3, -0.25) is 0 Å². The first-order valence-corrected chi connectivity index (χ1v) is 6.05. The van der Waals surface area contributed by atoms with Crippen LogP contribution in [0.15, 0.2) is 36.0 Å². The van der Waals surface area contributed by atoms with Crippen molar-refractivity contribution in [3.05, 3.63) is 41.6 Å². The second kappa shape index (κ2) is 7.07. The summed E-state index contributed by atoms with van der Waals surface area (Å²) in [5, 5.41) is 3.34. The molecule has 1 aromatic rings. The zero-order valence-corrected chi connectivity index (χ0v) is 10.3. The summed E-state index contributed by atoms with van der Waals surface area (Å²) in [6.45, 7) is 4.87. The number of allylic oxidation sites excluding steroid dienone is 1. The number of hydrogen-bond acceptors (Lipinski definition) is 2. The maximum absolute atomic E-state index is 5.65. The molecule has 2 heteroatoms. The molecule has 16 heavy (non-hydrogen) atoms. The van der Waals surface area contributed by atoms with Gasteiger partial charge in [-0.05, 0) is 30.5 Å². The Hall–Kier alpha value is -1.28. The van der Waals surface area contributed by atoms with Gasteiger partial charge in [-0.15, -0.1) is 0 Å². The zero-order valence-electron chi connectivity index (χ0n) is 10.3. The molecule has 2 nitrogen and oxygen atoms in total. The number of nitrogens with two attached hydrogens (primary N) is 1. The summed E-state index contributed by atoms with van der Waals surface area (Å²) < 4.78 is 0. The molecule has 88 valence electrons. The van der Waals surface area contributed by atoms with E-state index in [4.69, 9.17) is 5.73 Å². The highest BCUT2D eigenvalue weighted by molar-refractivity contribution is 5.49. The minimum atomic E-state index is 0.560. The number of rotatable bonds is 6. The van der Waals surface area contributed by atoms with Gasteiger partial charge in [0.2, 0.25) is 0 Å². The molecule has 0 radical (unpaired) electrons. The lowest BCUT2D eigenvalue weighted by molar-refractivity contribution is 0.922. The minimum Gasteiger partial charge on any atom is -0.358 e. The van der Waals surface area contributed by atoms with E-state index in [0.717, 1.165) is 24.2 Å². The fraction of sp³-hybridized carbons (Fsp3) is 0.429. The fourth-order valence-corrected chi connectivity index (χ4v) is 1.66. The van der Waals surface area contributed by atoms with Gasteiger partial charge in [-0.1, -0.05) is 38.5 Å². The van der Waals surface area contributed by atoms with Crippen molar-refractivity contribution in [3.8, 4) is 0 Å². The van der Waals surface area contributed by atoms with Crippen molar-refractivity contribution in [2.45, 2.75) is 33.1 Å². The third-order valence-corrected chi connectivity index (χ3v) is 2.47. The van der Waals surface area contributed by atoms with Crippen LogP contribution in [0.3, 0.4) is 0 Å². The van der Waals surface area contributed by atoms with E-state index in [1.54, 1.807) is 0 Å². The molecule has 0 bridgehead atoms. The van der Waals surface area contributed by atoms with Crippen LogP contribution < -0.4 is 11.1 Å². The lowest BCUT2D eigenvalue weighted by atomic mass is 10.1. The van der Waals surface area contributed by atoms with Crippen LogP contribution in [-0.2, 0) is 6.42 Å². The summed E-state index contributed by atoms with van der Waals surface area (Å²) in [5.41, 5.74) is 9.25. The van der Waals surface area contributed by atoms with Crippen LogP contribution >= 0.6 is 0 Å². The second-order valence-electron chi connectivity index (χ2n) is 3.91. The highest BCUT2D eigenvalue weighted by Gasteiger charge is 1.96. The van der Waals surface area contributed by atoms with E-state index in [2.05, 4.69) is 49.5 Å². The molecule has 0 fully saturated rings. The van der Waals surface area contributed by atoms with Crippen LogP contribution in [0.25, 0.3) is 0 Å². The van der Waals surface area contributed by atoms with E-state index in [1.165, 1.54) is 12.0 Å². The van der Waals surface area contributed by atoms with Crippen molar-refractivity contribution in [3.63, 3.8) is 0 Å². The summed E-state index contributed by atoms with van der Waals surface area (Å²) in [4.78, 5) is 0. The Kier molecular flexibility index (Phi) is 5.65. The standard InChI is InChI=1S/C14H22N2/c1-3-5-12-7-9-13(10-8-12)16-14(11-15)6-4-2/h6-10,16H,3-5,11,15H2,1-2H3/b14-6+. The normalized spacial score (nSPS) is 11.6. The first-order chi connectivity index (χ1) is 7.80. The molecule has 0 aliphatic carbocycles. The van der Waals surface area contributed by atoms with E-state index in [1.807, 2.05) is 0 Å². The lowest BCUT2D eigenvalue weighted by Crippen LogP contribution is -2.11. The van der Waals surface area contributed by atoms with Gasteiger partial charge in [0, 0.05) is 17.9 Å². The SMILES string of the molecule is CC/C=C(\CN)Nc1ccc(CCC)cc1. The van der Waals surface area contributed by atoms with Gasteiger partial charge in [0.05, 0.1) is 0 Å². The van der Waals surface area contributed by atoms with Gasteiger partial charge in [-0.25, -0.2) is 0 Å². The summed E-state index contributed by atoms with van der Waals surface area (Å²) in [5.74, 6) is 0. The summed E-state index contributed by atoms with van der Waals surface area (Å²) in [7, 11) is 0. The molecular weight excluding hydrogens is 196 g/mol. The Bertz CT molecular complexity index is 325. The Morgan fingerprint density at radius 2 is 1.94 bits per heavy atom. The van der Waals surface area contributed by atoms with E-state index in [9.17, 15) is 0 Å². The Labute approximate surface area is 98.6 Å². The molecule has 1 rings (SSSR count). The quantitative estimate of drug-likeness (QED) is 0.768. The molecule has 0 saturated carbocycles. The van der Waals surface area contributed by atoms with E-state index < -0.39 is 0 Å². The van der Waals surface area contributed by atoms with Crippen molar-refractivity contribution in [1.82, 2.24) is 0 Å². The molecule has 0 aromatic heterocycles. The average Bonchev–Trinajstić information content (AvgIpc) is 2.31. The van der Waals surface area contributed by atoms with Crippen molar-refractivity contribution in [1.29, 1.82) is 0 Å². The van der Waals surface area contributed by atoms with Gasteiger partial charge in [0.1, 0.15) is 0 Å². The third-order valence-electron chi connectivity index (χ3n) is 2.47. The lowest BCUT2D eigenvalue weighted by Gasteiger charge is -2.09. The molecule has 0 spiro atoms. The van der Waals surface area contributed by atoms with Crippen LogP contribution in [-0.4, -0.2) is 6.54 Å². The molecule has 0 atom stereocenters. The van der Waals surface area contributed by atoms with Gasteiger partial charge in [0.15, 0.2) is 0 Å². The maximum Gasteiger partial charge on any atom is 0.0382 e. The summed E-state index contributed by atoms with van der Waals surface area (Å²) >= 11 is 0. The van der Waals surface area contributed by atoms with E-state index >= 15 is 0 Å². The summed E-state index contributed by atoms with van der Waals surface area (Å²) in [6, 6.07) is 8.58. The predicted octanol–water partition coefficient (Wildman–Crippen LogP) is 3.30. The maximum atomic E-state index is 5.65. The highest BCUT2D eigenvalue weighted by atomic mass is 14.9. The number of anilines is 1. The van der Waals surface area contributed by atoms with Crippen LogP contribution in [0.2, 0.25) is 0 Å². The van der Waals surface area contributed by atoms with E-state index in [-0.39, 0.29) is 0 Å². The fourth-order valence-electron chi connectivity index (χ4n) is 1.66. The molecule has 0 saturated heterocycles. The number of benzene rings is 1. The molecular formula is C14H22N2. The first-order valence-electron chi connectivity index (χ1n) is 6.05. The molecule has 0 aliphatic rings. The molecule has 0 aliphatic heterocycles. The van der Waals surface area contributed by atoms with Crippen molar-refractivity contribution >= 4 is 5.69 Å². The number of nitrogens with one attached hydrogen (secondary N) is 1. The monoisotopic (exact) mass is 218 g/mol. The van der Waals surface area contributed by atoms with Crippen LogP contribution in [0, 0.1) is 0 Å². The highest BCUT2D eigenvalue weighted by Crippen LogP contribution is 2.13. The predicted molar refractivity (Wildman–Crippen MR) is 71.5 cm³/mol. The largest absolute Gasteiger partial charge is 0.358 e. The minimum absolute atomic E-state index is 0.560. The van der Waals surface area contributed by atoms with Crippen LogP contribution in [0.1, 0.15) is 32.3 Å². The number of hydrogen-bond donors (Lipinski definition) is 2. The summed E-state index contributed by atoms with van der Waals surface area (Å²) in [6.07, 6.45) is 5.47. The molecule has 0 amide bonds. The van der Waals surface area contributed by atoms with E-state index in [0.29, 0.717) is 6.54 Å². The van der Waals surface area contributed by atoms with Crippen molar-refractivity contribution in [2.24, 2.45) is 5.73 Å². The average molecular weight is 218 g/mol. The Balaban J connectivity index is 2.63. The van der Waals surface area contributed by atoms with Crippen LogP contribution in [0.4, 0.5) is 5.69 Å². The Morgan fingerprint density at radius 3 is 2.44 bits per heavy atom. The van der Waals surface area contributed by atoms with Gasteiger partial charge in [-0.2, -0.15) is 0 Å². The number of aryl methyl sites for hydroxylation is 1. The van der Waals surface area contributed by atoms with Crippen molar-refractivity contribution < 1.29 is 0 Å². The molecule has 0 unspecified atom stereocenters.